The molecule has 1 heterocycles. The molecule has 0 bridgehead atoms. The van der Waals surface area contributed by atoms with Crippen LogP contribution in [0.25, 0.3) is 0 Å². The molecule has 142 valence electrons. The average Bonchev–Trinajstić information content (AvgIpc) is 2.93. The summed E-state index contributed by atoms with van der Waals surface area (Å²) in [5.41, 5.74) is 0.342. The number of rotatable bonds is 4. The lowest BCUT2D eigenvalue weighted by Crippen LogP contribution is -2.58. The largest absolute Gasteiger partial charge is 0.353 e. The standard InChI is InChI=1S/C21H30N2O3/c1-15(2)22-20(25)18-14-26-21(11-7-8-16(3)13-21)23(18)19(24)12-17-9-5-4-6-10-17/h4-6,9-10,15-16,18H,7-8,11-14H2,1-3H3,(H,22,25)/t16-,18-,21+/m0/s1. The Morgan fingerprint density at radius 3 is 2.69 bits per heavy atom. The molecule has 2 fully saturated rings. The zero-order valence-corrected chi connectivity index (χ0v) is 16.0. The van der Waals surface area contributed by atoms with Gasteiger partial charge < -0.3 is 10.1 Å². The molecular weight excluding hydrogens is 328 g/mol. The second kappa shape index (κ2) is 7.78. The molecular formula is C21H30N2O3. The fourth-order valence-corrected chi connectivity index (χ4v) is 4.32. The Kier molecular flexibility index (Phi) is 5.66. The van der Waals surface area contributed by atoms with Crippen molar-refractivity contribution >= 4 is 11.8 Å². The summed E-state index contributed by atoms with van der Waals surface area (Å²) < 4.78 is 6.18. The Morgan fingerprint density at radius 1 is 1.31 bits per heavy atom. The minimum atomic E-state index is -0.623. The van der Waals surface area contributed by atoms with E-state index in [0.717, 1.165) is 31.2 Å². The Hall–Kier alpha value is -1.88. The number of nitrogens with zero attached hydrogens (tertiary/aromatic N) is 1. The highest BCUT2D eigenvalue weighted by molar-refractivity contribution is 5.89. The molecule has 2 aliphatic rings. The fourth-order valence-electron chi connectivity index (χ4n) is 4.32. The highest BCUT2D eigenvalue weighted by Gasteiger charge is 2.53. The highest BCUT2D eigenvalue weighted by Crippen LogP contribution is 2.43. The highest BCUT2D eigenvalue weighted by atomic mass is 16.5. The predicted molar refractivity (Wildman–Crippen MR) is 100 cm³/mol. The first kappa shape index (κ1) is 18.9. The Labute approximate surface area is 156 Å². The van der Waals surface area contributed by atoms with E-state index in [4.69, 9.17) is 4.74 Å². The van der Waals surface area contributed by atoms with Gasteiger partial charge in [-0.05, 0) is 44.6 Å². The summed E-state index contributed by atoms with van der Waals surface area (Å²) in [5.74, 6) is 0.353. The zero-order valence-electron chi connectivity index (χ0n) is 16.0. The van der Waals surface area contributed by atoms with Gasteiger partial charge in [0.2, 0.25) is 11.8 Å². The van der Waals surface area contributed by atoms with Gasteiger partial charge >= 0.3 is 0 Å². The zero-order chi connectivity index (χ0) is 18.7. The van der Waals surface area contributed by atoms with Gasteiger partial charge in [0, 0.05) is 6.04 Å². The van der Waals surface area contributed by atoms with Crippen molar-refractivity contribution in [3.05, 3.63) is 35.9 Å². The Bertz CT molecular complexity index is 646. The molecule has 1 aromatic rings. The number of hydrogen-bond donors (Lipinski definition) is 1. The lowest BCUT2D eigenvalue weighted by molar-refractivity contribution is -0.162. The third-order valence-corrected chi connectivity index (χ3v) is 5.39. The van der Waals surface area contributed by atoms with Gasteiger partial charge in [-0.2, -0.15) is 0 Å². The van der Waals surface area contributed by atoms with Gasteiger partial charge in [-0.25, -0.2) is 0 Å². The van der Waals surface area contributed by atoms with Crippen molar-refractivity contribution in [1.29, 1.82) is 0 Å². The van der Waals surface area contributed by atoms with Gasteiger partial charge in [-0.1, -0.05) is 43.7 Å². The van der Waals surface area contributed by atoms with Crippen LogP contribution in [0.3, 0.4) is 0 Å². The van der Waals surface area contributed by atoms with Crippen LogP contribution >= 0.6 is 0 Å². The van der Waals surface area contributed by atoms with Crippen molar-refractivity contribution in [3.63, 3.8) is 0 Å². The molecule has 0 radical (unpaired) electrons. The Balaban J connectivity index is 1.86. The molecule has 5 nitrogen and oxygen atoms in total. The SMILES string of the molecule is CC(C)NC(=O)[C@@H]1CO[C@@]2(CCC[C@H](C)C2)N1C(=O)Cc1ccccc1. The second-order valence-corrected chi connectivity index (χ2v) is 8.06. The number of amides is 2. The van der Waals surface area contributed by atoms with E-state index in [9.17, 15) is 9.59 Å². The maximum absolute atomic E-state index is 13.3. The smallest absolute Gasteiger partial charge is 0.245 e. The van der Waals surface area contributed by atoms with E-state index in [1.165, 1.54) is 0 Å². The monoisotopic (exact) mass is 358 g/mol. The lowest BCUT2D eigenvalue weighted by Gasteiger charge is -2.43. The molecule has 0 aromatic heterocycles. The van der Waals surface area contributed by atoms with Gasteiger partial charge in [0.25, 0.3) is 0 Å². The number of nitrogens with one attached hydrogen (secondary N) is 1. The van der Waals surface area contributed by atoms with Gasteiger partial charge in [0.1, 0.15) is 11.8 Å². The summed E-state index contributed by atoms with van der Waals surface area (Å²) in [6.07, 6.45) is 4.08. The summed E-state index contributed by atoms with van der Waals surface area (Å²) in [4.78, 5) is 27.8. The third kappa shape index (κ3) is 3.93. The van der Waals surface area contributed by atoms with Gasteiger partial charge in [-0.3, -0.25) is 14.5 Å². The minimum absolute atomic E-state index is 0.0216. The van der Waals surface area contributed by atoms with Crippen molar-refractivity contribution < 1.29 is 14.3 Å². The van der Waals surface area contributed by atoms with Crippen LogP contribution in [0.15, 0.2) is 30.3 Å². The van der Waals surface area contributed by atoms with Crippen LogP contribution in [-0.2, 0) is 20.7 Å². The summed E-state index contributed by atoms with van der Waals surface area (Å²) in [7, 11) is 0. The van der Waals surface area contributed by atoms with Crippen molar-refractivity contribution in [1.82, 2.24) is 10.2 Å². The molecule has 1 spiro atoms. The average molecular weight is 358 g/mol. The molecule has 2 amide bonds. The van der Waals surface area contributed by atoms with E-state index in [1.807, 2.05) is 44.2 Å². The van der Waals surface area contributed by atoms with Crippen LogP contribution in [-0.4, -0.2) is 41.1 Å². The van der Waals surface area contributed by atoms with E-state index in [-0.39, 0.29) is 24.5 Å². The first-order valence-corrected chi connectivity index (χ1v) is 9.72. The van der Waals surface area contributed by atoms with Crippen molar-refractivity contribution in [2.45, 2.75) is 70.7 Å². The Morgan fingerprint density at radius 2 is 2.04 bits per heavy atom. The van der Waals surface area contributed by atoms with Crippen LogP contribution in [0, 0.1) is 5.92 Å². The van der Waals surface area contributed by atoms with Crippen molar-refractivity contribution in [2.24, 2.45) is 5.92 Å². The fraction of sp³-hybridized carbons (Fsp3) is 0.619. The van der Waals surface area contributed by atoms with Gasteiger partial charge in [0.15, 0.2) is 0 Å². The molecule has 26 heavy (non-hydrogen) atoms. The van der Waals surface area contributed by atoms with Crippen LogP contribution in [0.1, 0.15) is 52.0 Å². The number of hydrogen-bond acceptors (Lipinski definition) is 3. The van der Waals surface area contributed by atoms with E-state index in [2.05, 4.69) is 12.2 Å². The third-order valence-electron chi connectivity index (χ3n) is 5.39. The molecule has 1 aliphatic heterocycles. The quantitative estimate of drug-likeness (QED) is 0.900. The van der Waals surface area contributed by atoms with E-state index < -0.39 is 11.8 Å². The topological polar surface area (TPSA) is 58.6 Å². The van der Waals surface area contributed by atoms with E-state index in [1.54, 1.807) is 4.90 Å². The lowest BCUT2D eigenvalue weighted by atomic mass is 9.83. The maximum atomic E-state index is 13.3. The maximum Gasteiger partial charge on any atom is 0.245 e. The van der Waals surface area contributed by atoms with Gasteiger partial charge in [-0.15, -0.1) is 0 Å². The van der Waals surface area contributed by atoms with Gasteiger partial charge in [0.05, 0.1) is 13.0 Å². The van der Waals surface area contributed by atoms with Crippen molar-refractivity contribution in [3.8, 4) is 0 Å². The number of carbonyl (C=O) groups is 2. The van der Waals surface area contributed by atoms with Crippen molar-refractivity contribution in [2.75, 3.05) is 6.61 Å². The number of ether oxygens (including phenoxy) is 1. The first-order chi connectivity index (χ1) is 12.4. The molecule has 0 unspecified atom stereocenters. The molecule has 5 heteroatoms. The summed E-state index contributed by atoms with van der Waals surface area (Å²) >= 11 is 0. The van der Waals surface area contributed by atoms with Crippen LogP contribution in [0.4, 0.5) is 0 Å². The van der Waals surface area contributed by atoms with E-state index in [0.29, 0.717) is 12.3 Å². The molecule has 1 saturated heterocycles. The first-order valence-electron chi connectivity index (χ1n) is 9.72. The molecule has 1 aromatic carbocycles. The molecule has 3 rings (SSSR count). The normalized spacial score (nSPS) is 28.5. The molecule has 3 atom stereocenters. The minimum Gasteiger partial charge on any atom is -0.353 e. The molecule has 1 aliphatic carbocycles. The number of carbonyl (C=O) groups excluding carboxylic acids is 2. The van der Waals surface area contributed by atoms with Crippen LogP contribution in [0.2, 0.25) is 0 Å². The number of benzene rings is 1. The van der Waals surface area contributed by atoms with Crippen LogP contribution < -0.4 is 5.32 Å². The predicted octanol–water partition coefficient (Wildman–Crippen LogP) is 2.89. The summed E-state index contributed by atoms with van der Waals surface area (Å²) in [6.45, 7) is 6.35. The van der Waals surface area contributed by atoms with Crippen LogP contribution in [0.5, 0.6) is 0 Å². The second-order valence-electron chi connectivity index (χ2n) is 8.06. The molecule has 1 N–H and O–H groups in total. The molecule has 1 saturated carbocycles. The summed E-state index contributed by atoms with van der Waals surface area (Å²) in [5, 5.41) is 2.95. The van der Waals surface area contributed by atoms with E-state index >= 15 is 0 Å². The summed E-state index contributed by atoms with van der Waals surface area (Å²) in [6, 6.07) is 9.21.